The lowest BCUT2D eigenvalue weighted by atomic mass is 9.92. The second kappa shape index (κ2) is 6.70. The number of aromatic nitrogens is 2. The first-order chi connectivity index (χ1) is 10.3. The molecule has 0 bridgehead atoms. The van der Waals surface area contributed by atoms with Gasteiger partial charge in [0.1, 0.15) is 6.10 Å². The zero-order valence-corrected chi connectivity index (χ0v) is 12.1. The van der Waals surface area contributed by atoms with E-state index in [1.807, 2.05) is 4.90 Å². The molecule has 1 fully saturated rings. The maximum absolute atomic E-state index is 12.4. The summed E-state index contributed by atoms with van der Waals surface area (Å²) in [7, 11) is 0. The number of likely N-dealkylation sites (tertiary alicyclic amines) is 1. The van der Waals surface area contributed by atoms with Gasteiger partial charge in [0.15, 0.2) is 0 Å². The fourth-order valence-corrected chi connectivity index (χ4v) is 2.99. The highest BCUT2D eigenvalue weighted by Gasteiger charge is 2.28. The molecule has 1 amide bonds. The van der Waals surface area contributed by atoms with Gasteiger partial charge in [0.05, 0.1) is 6.20 Å². The second-order valence-electron chi connectivity index (χ2n) is 5.67. The summed E-state index contributed by atoms with van der Waals surface area (Å²) in [6.07, 6.45) is 14.0. The lowest BCUT2D eigenvalue weighted by molar-refractivity contribution is -0.137. The van der Waals surface area contributed by atoms with Gasteiger partial charge in [-0.15, -0.1) is 0 Å². The number of hydrogen-bond donors (Lipinski definition) is 0. The average molecular weight is 287 g/mol. The number of hydrogen-bond acceptors (Lipinski definition) is 4. The molecule has 0 unspecified atom stereocenters. The van der Waals surface area contributed by atoms with Gasteiger partial charge in [-0.05, 0) is 19.3 Å². The monoisotopic (exact) mass is 287 g/mol. The van der Waals surface area contributed by atoms with Crippen molar-refractivity contribution in [3.8, 4) is 5.88 Å². The lowest BCUT2D eigenvalue weighted by Crippen LogP contribution is -2.44. The van der Waals surface area contributed by atoms with Crippen molar-refractivity contribution in [3.63, 3.8) is 0 Å². The van der Waals surface area contributed by atoms with Gasteiger partial charge in [0.2, 0.25) is 11.8 Å². The van der Waals surface area contributed by atoms with E-state index < -0.39 is 0 Å². The lowest BCUT2D eigenvalue weighted by Gasteiger charge is -2.34. The number of rotatable bonds is 3. The summed E-state index contributed by atoms with van der Waals surface area (Å²) >= 11 is 0. The fourth-order valence-electron chi connectivity index (χ4n) is 2.99. The number of nitrogens with zero attached hydrogens (tertiary/aromatic N) is 3. The van der Waals surface area contributed by atoms with E-state index in [0.717, 1.165) is 45.2 Å². The van der Waals surface area contributed by atoms with Crippen LogP contribution in [0.15, 0.2) is 30.7 Å². The molecule has 3 rings (SSSR count). The third kappa shape index (κ3) is 3.60. The van der Waals surface area contributed by atoms with Gasteiger partial charge in [-0.25, -0.2) is 4.98 Å². The first kappa shape index (κ1) is 14.0. The average Bonchev–Trinajstić information content (AvgIpc) is 2.57. The molecule has 0 N–H and O–H groups in total. The van der Waals surface area contributed by atoms with Crippen molar-refractivity contribution < 1.29 is 9.53 Å². The van der Waals surface area contributed by atoms with Crippen LogP contribution in [-0.4, -0.2) is 40.0 Å². The van der Waals surface area contributed by atoms with E-state index in [4.69, 9.17) is 4.74 Å². The van der Waals surface area contributed by atoms with Crippen LogP contribution in [-0.2, 0) is 4.79 Å². The van der Waals surface area contributed by atoms with Crippen LogP contribution in [0.2, 0.25) is 0 Å². The van der Waals surface area contributed by atoms with E-state index in [2.05, 4.69) is 22.1 Å². The number of piperidine rings is 1. The van der Waals surface area contributed by atoms with Gasteiger partial charge >= 0.3 is 0 Å². The Morgan fingerprint density at radius 3 is 2.71 bits per heavy atom. The molecule has 1 atom stereocenters. The van der Waals surface area contributed by atoms with Crippen molar-refractivity contribution in [1.82, 2.24) is 14.9 Å². The Bertz CT molecular complexity index is 496. The van der Waals surface area contributed by atoms with E-state index in [1.54, 1.807) is 18.6 Å². The fraction of sp³-hybridized carbons (Fsp3) is 0.562. The maximum atomic E-state index is 12.4. The van der Waals surface area contributed by atoms with Crippen molar-refractivity contribution in [2.45, 2.75) is 38.2 Å². The minimum absolute atomic E-state index is 0.136. The van der Waals surface area contributed by atoms with Crippen molar-refractivity contribution in [2.75, 3.05) is 13.1 Å². The molecule has 1 aliphatic carbocycles. The van der Waals surface area contributed by atoms with Crippen molar-refractivity contribution in [3.05, 3.63) is 30.7 Å². The SMILES string of the molecule is O=C([C@@H]1CC=CCC1)N1CCC(Oc2cnccn2)CC1. The molecule has 0 radical (unpaired) electrons. The summed E-state index contributed by atoms with van der Waals surface area (Å²) in [5.41, 5.74) is 0. The molecule has 5 heteroatoms. The van der Waals surface area contributed by atoms with Crippen LogP contribution in [0.3, 0.4) is 0 Å². The molecule has 5 nitrogen and oxygen atoms in total. The number of amides is 1. The van der Waals surface area contributed by atoms with Gasteiger partial charge in [0, 0.05) is 44.2 Å². The van der Waals surface area contributed by atoms with Gasteiger partial charge in [-0.2, -0.15) is 0 Å². The minimum atomic E-state index is 0.136. The normalized spacial score (nSPS) is 23.0. The number of allylic oxidation sites excluding steroid dienone is 2. The topological polar surface area (TPSA) is 55.3 Å². The number of ether oxygens (including phenoxy) is 1. The van der Waals surface area contributed by atoms with Crippen molar-refractivity contribution in [2.24, 2.45) is 5.92 Å². The molecule has 1 aliphatic heterocycles. The first-order valence-corrected chi connectivity index (χ1v) is 7.69. The molecule has 1 aromatic rings. The number of carbonyl (C=O) groups is 1. The highest BCUT2D eigenvalue weighted by Crippen LogP contribution is 2.23. The Morgan fingerprint density at radius 2 is 2.05 bits per heavy atom. The summed E-state index contributed by atoms with van der Waals surface area (Å²) < 4.78 is 5.81. The molecular formula is C16H21N3O2. The molecule has 1 saturated heterocycles. The molecule has 0 spiro atoms. The Hall–Kier alpha value is -1.91. The largest absolute Gasteiger partial charge is 0.473 e. The highest BCUT2D eigenvalue weighted by atomic mass is 16.5. The quantitative estimate of drug-likeness (QED) is 0.800. The summed E-state index contributed by atoms with van der Waals surface area (Å²) in [5, 5.41) is 0. The Balaban J connectivity index is 1.48. The van der Waals surface area contributed by atoms with Crippen LogP contribution < -0.4 is 4.74 Å². The van der Waals surface area contributed by atoms with Crippen LogP contribution in [0, 0.1) is 5.92 Å². The molecule has 2 heterocycles. The third-order valence-corrected chi connectivity index (χ3v) is 4.20. The predicted octanol–water partition coefficient (Wildman–Crippen LogP) is 2.20. The van der Waals surface area contributed by atoms with Crippen LogP contribution >= 0.6 is 0 Å². The van der Waals surface area contributed by atoms with E-state index in [9.17, 15) is 4.79 Å². The third-order valence-electron chi connectivity index (χ3n) is 4.20. The summed E-state index contributed by atoms with van der Waals surface area (Å²) in [6.45, 7) is 1.56. The zero-order valence-electron chi connectivity index (χ0n) is 12.1. The van der Waals surface area contributed by atoms with Crippen LogP contribution in [0.25, 0.3) is 0 Å². The number of carbonyl (C=O) groups excluding carboxylic acids is 1. The molecule has 112 valence electrons. The molecule has 2 aliphatic rings. The van der Waals surface area contributed by atoms with Crippen LogP contribution in [0.1, 0.15) is 32.1 Å². The summed E-state index contributed by atoms with van der Waals surface area (Å²) in [4.78, 5) is 22.6. The molecular weight excluding hydrogens is 266 g/mol. The zero-order chi connectivity index (χ0) is 14.5. The van der Waals surface area contributed by atoms with Crippen LogP contribution in [0.5, 0.6) is 5.88 Å². The Morgan fingerprint density at radius 1 is 1.19 bits per heavy atom. The Labute approximate surface area is 125 Å². The first-order valence-electron chi connectivity index (χ1n) is 7.69. The molecule has 21 heavy (non-hydrogen) atoms. The predicted molar refractivity (Wildman–Crippen MR) is 78.7 cm³/mol. The summed E-state index contributed by atoms with van der Waals surface area (Å²) in [6, 6.07) is 0. The Kier molecular flexibility index (Phi) is 4.48. The minimum Gasteiger partial charge on any atom is -0.473 e. The standard InChI is InChI=1S/C16H21N3O2/c20-16(13-4-2-1-3-5-13)19-10-6-14(7-11-19)21-15-12-17-8-9-18-15/h1-2,8-9,12-14H,3-7,10-11H2/t13-/m1/s1. The molecule has 0 aromatic carbocycles. The van der Waals surface area contributed by atoms with E-state index in [1.165, 1.54) is 0 Å². The molecule has 1 aromatic heterocycles. The van der Waals surface area contributed by atoms with Crippen molar-refractivity contribution in [1.29, 1.82) is 0 Å². The van der Waals surface area contributed by atoms with E-state index in [-0.39, 0.29) is 12.0 Å². The van der Waals surface area contributed by atoms with Gasteiger partial charge in [-0.3, -0.25) is 9.78 Å². The maximum Gasteiger partial charge on any atom is 0.232 e. The summed E-state index contributed by atoms with van der Waals surface area (Å²) in [5.74, 6) is 1.07. The van der Waals surface area contributed by atoms with Gasteiger partial charge < -0.3 is 9.64 Å². The highest BCUT2D eigenvalue weighted by molar-refractivity contribution is 5.79. The van der Waals surface area contributed by atoms with Gasteiger partial charge in [0.25, 0.3) is 0 Å². The van der Waals surface area contributed by atoms with E-state index in [0.29, 0.717) is 11.8 Å². The van der Waals surface area contributed by atoms with Crippen molar-refractivity contribution >= 4 is 5.91 Å². The molecule has 0 saturated carbocycles. The van der Waals surface area contributed by atoms with Gasteiger partial charge in [-0.1, -0.05) is 12.2 Å². The van der Waals surface area contributed by atoms with E-state index >= 15 is 0 Å². The second-order valence-corrected chi connectivity index (χ2v) is 5.67. The smallest absolute Gasteiger partial charge is 0.232 e. The van der Waals surface area contributed by atoms with Crippen LogP contribution in [0.4, 0.5) is 0 Å².